The molecule has 0 amide bonds. The SMILES string of the molecule is CCCCCN(CC(C)=O)CC(C)C(=O)O. The van der Waals surface area contributed by atoms with Crippen LogP contribution in [-0.4, -0.2) is 41.4 Å². The number of carbonyl (C=O) groups is 2. The highest BCUT2D eigenvalue weighted by Gasteiger charge is 2.16. The van der Waals surface area contributed by atoms with Gasteiger partial charge in [-0.05, 0) is 19.9 Å². The average Bonchev–Trinajstić information content (AvgIpc) is 2.16. The van der Waals surface area contributed by atoms with E-state index >= 15 is 0 Å². The fraction of sp³-hybridized carbons (Fsp3) is 0.833. The van der Waals surface area contributed by atoms with Gasteiger partial charge in [0.15, 0.2) is 0 Å². The van der Waals surface area contributed by atoms with Gasteiger partial charge < -0.3 is 5.11 Å². The van der Waals surface area contributed by atoms with Crippen molar-refractivity contribution in [1.82, 2.24) is 4.90 Å². The summed E-state index contributed by atoms with van der Waals surface area (Å²) < 4.78 is 0. The van der Waals surface area contributed by atoms with Crippen molar-refractivity contribution in [2.75, 3.05) is 19.6 Å². The quantitative estimate of drug-likeness (QED) is 0.612. The van der Waals surface area contributed by atoms with Crippen molar-refractivity contribution in [3.05, 3.63) is 0 Å². The zero-order valence-electron chi connectivity index (χ0n) is 10.5. The fourth-order valence-corrected chi connectivity index (χ4v) is 1.60. The van der Waals surface area contributed by atoms with E-state index < -0.39 is 11.9 Å². The third-order valence-corrected chi connectivity index (χ3v) is 2.48. The first-order valence-corrected chi connectivity index (χ1v) is 5.92. The van der Waals surface area contributed by atoms with Crippen LogP contribution in [0.15, 0.2) is 0 Å². The summed E-state index contributed by atoms with van der Waals surface area (Å²) in [4.78, 5) is 23.7. The minimum Gasteiger partial charge on any atom is -0.481 e. The first kappa shape index (κ1) is 15.1. The molecule has 0 aliphatic rings. The van der Waals surface area contributed by atoms with Crippen LogP contribution in [0.25, 0.3) is 0 Å². The molecule has 0 saturated carbocycles. The summed E-state index contributed by atoms with van der Waals surface area (Å²) in [5.41, 5.74) is 0. The highest BCUT2D eigenvalue weighted by Crippen LogP contribution is 2.04. The summed E-state index contributed by atoms with van der Waals surface area (Å²) in [5.74, 6) is -1.13. The summed E-state index contributed by atoms with van der Waals surface area (Å²) in [6, 6.07) is 0. The van der Waals surface area contributed by atoms with Crippen molar-refractivity contribution in [2.45, 2.75) is 40.0 Å². The molecule has 0 aliphatic carbocycles. The van der Waals surface area contributed by atoms with Gasteiger partial charge in [0.1, 0.15) is 5.78 Å². The van der Waals surface area contributed by atoms with Crippen LogP contribution in [0.5, 0.6) is 0 Å². The van der Waals surface area contributed by atoms with E-state index in [0.29, 0.717) is 13.1 Å². The molecule has 0 bridgehead atoms. The molecule has 4 nitrogen and oxygen atoms in total. The van der Waals surface area contributed by atoms with Crippen molar-refractivity contribution in [3.63, 3.8) is 0 Å². The maximum absolute atomic E-state index is 11.0. The number of nitrogens with zero attached hydrogens (tertiary/aromatic N) is 1. The van der Waals surface area contributed by atoms with Crippen LogP contribution < -0.4 is 0 Å². The minimum absolute atomic E-state index is 0.0917. The number of hydrogen-bond acceptors (Lipinski definition) is 3. The van der Waals surface area contributed by atoms with Gasteiger partial charge >= 0.3 is 5.97 Å². The molecule has 94 valence electrons. The Morgan fingerprint density at radius 2 is 1.94 bits per heavy atom. The molecule has 1 unspecified atom stereocenters. The Kier molecular flexibility index (Phi) is 7.81. The van der Waals surface area contributed by atoms with Crippen molar-refractivity contribution in [2.24, 2.45) is 5.92 Å². The molecule has 0 fully saturated rings. The second kappa shape index (κ2) is 8.28. The number of hydrogen-bond donors (Lipinski definition) is 1. The first-order valence-electron chi connectivity index (χ1n) is 5.92. The van der Waals surface area contributed by atoms with Crippen molar-refractivity contribution >= 4 is 11.8 Å². The molecular weight excluding hydrogens is 206 g/mol. The molecule has 0 heterocycles. The molecule has 0 aromatic heterocycles. The molecule has 0 aliphatic heterocycles. The molecular formula is C12H23NO3. The van der Waals surface area contributed by atoms with Gasteiger partial charge in [0.25, 0.3) is 0 Å². The lowest BCUT2D eigenvalue weighted by Crippen LogP contribution is -2.35. The molecule has 0 spiro atoms. The number of aliphatic carboxylic acids is 1. The third-order valence-electron chi connectivity index (χ3n) is 2.48. The van der Waals surface area contributed by atoms with Crippen molar-refractivity contribution in [3.8, 4) is 0 Å². The minimum atomic E-state index is -0.802. The standard InChI is InChI=1S/C12H23NO3/c1-4-5-6-7-13(9-11(3)14)8-10(2)12(15)16/h10H,4-9H2,1-3H3,(H,15,16). The third kappa shape index (κ3) is 7.40. The van der Waals surface area contributed by atoms with Gasteiger partial charge in [-0.1, -0.05) is 26.7 Å². The number of carbonyl (C=O) groups excluding carboxylic acids is 1. The van der Waals surface area contributed by atoms with Crippen LogP contribution in [0.3, 0.4) is 0 Å². The van der Waals surface area contributed by atoms with E-state index in [1.54, 1.807) is 6.92 Å². The van der Waals surface area contributed by atoms with E-state index in [1.807, 2.05) is 4.90 Å². The molecule has 16 heavy (non-hydrogen) atoms. The van der Waals surface area contributed by atoms with E-state index in [4.69, 9.17) is 5.11 Å². The van der Waals surface area contributed by atoms with E-state index in [-0.39, 0.29) is 5.78 Å². The number of unbranched alkanes of at least 4 members (excludes halogenated alkanes) is 2. The van der Waals surface area contributed by atoms with Gasteiger partial charge in [-0.15, -0.1) is 0 Å². The average molecular weight is 229 g/mol. The van der Waals surface area contributed by atoms with Crippen molar-refractivity contribution < 1.29 is 14.7 Å². The summed E-state index contributed by atoms with van der Waals surface area (Å²) in [6.45, 7) is 6.97. The molecule has 4 heteroatoms. The number of ketones is 1. The van der Waals surface area contributed by atoms with Gasteiger partial charge in [-0.25, -0.2) is 0 Å². The lowest BCUT2D eigenvalue weighted by atomic mass is 10.1. The second-order valence-corrected chi connectivity index (χ2v) is 4.38. The Bertz CT molecular complexity index is 228. The van der Waals surface area contributed by atoms with Crippen LogP contribution in [0.2, 0.25) is 0 Å². The van der Waals surface area contributed by atoms with Gasteiger partial charge in [0, 0.05) is 6.54 Å². The predicted molar refractivity (Wildman–Crippen MR) is 63.4 cm³/mol. The Balaban J connectivity index is 4.08. The normalized spacial score (nSPS) is 12.8. The largest absolute Gasteiger partial charge is 0.481 e. The van der Waals surface area contributed by atoms with Gasteiger partial charge in [-0.2, -0.15) is 0 Å². The number of rotatable bonds is 9. The number of carboxylic acid groups (broad SMARTS) is 1. The fourth-order valence-electron chi connectivity index (χ4n) is 1.60. The summed E-state index contributed by atoms with van der Waals surface area (Å²) >= 11 is 0. The number of Topliss-reactive ketones (excluding diaryl/α,β-unsaturated/α-hetero) is 1. The van der Waals surface area contributed by atoms with Crippen LogP contribution >= 0.6 is 0 Å². The zero-order valence-corrected chi connectivity index (χ0v) is 10.5. The zero-order chi connectivity index (χ0) is 12.6. The molecule has 0 aromatic rings. The van der Waals surface area contributed by atoms with Crippen LogP contribution in [0.4, 0.5) is 0 Å². The maximum Gasteiger partial charge on any atom is 0.307 e. The summed E-state index contributed by atoms with van der Waals surface area (Å²) in [7, 11) is 0. The van der Waals surface area contributed by atoms with E-state index in [2.05, 4.69) is 6.92 Å². The smallest absolute Gasteiger partial charge is 0.307 e. The van der Waals surface area contributed by atoms with Gasteiger partial charge in [0.05, 0.1) is 12.5 Å². The lowest BCUT2D eigenvalue weighted by molar-refractivity contribution is -0.142. The molecule has 0 aromatic carbocycles. The Morgan fingerprint density at radius 3 is 2.38 bits per heavy atom. The molecule has 0 saturated heterocycles. The van der Waals surface area contributed by atoms with E-state index in [9.17, 15) is 9.59 Å². The monoisotopic (exact) mass is 229 g/mol. The molecule has 0 rings (SSSR count). The Morgan fingerprint density at radius 1 is 1.31 bits per heavy atom. The second-order valence-electron chi connectivity index (χ2n) is 4.38. The van der Waals surface area contributed by atoms with Crippen LogP contribution in [0, 0.1) is 5.92 Å². The highest BCUT2D eigenvalue weighted by atomic mass is 16.4. The molecule has 1 N–H and O–H groups in total. The molecule has 1 atom stereocenters. The topological polar surface area (TPSA) is 57.6 Å². The van der Waals surface area contributed by atoms with E-state index in [0.717, 1.165) is 25.8 Å². The Hall–Kier alpha value is -0.900. The van der Waals surface area contributed by atoms with E-state index in [1.165, 1.54) is 6.92 Å². The summed E-state index contributed by atoms with van der Waals surface area (Å²) in [6.07, 6.45) is 3.27. The van der Waals surface area contributed by atoms with Crippen molar-refractivity contribution in [1.29, 1.82) is 0 Å². The highest BCUT2D eigenvalue weighted by molar-refractivity contribution is 5.77. The van der Waals surface area contributed by atoms with Gasteiger partial charge in [0.2, 0.25) is 0 Å². The molecule has 0 radical (unpaired) electrons. The van der Waals surface area contributed by atoms with Crippen LogP contribution in [-0.2, 0) is 9.59 Å². The first-order chi connectivity index (χ1) is 7.47. The number of carboxylic acids is 1. The Labute approximate surface area is 97.6 Å². The maximum atomic E-state index is 11.0. The summed E-state index contributed by atoms with van der Waals surface area (Å²) in [5, 5.41) is 8.83. The van der Waals surface area contributed by atoms with Crippen LogP contribution in [0.1, 0.15) is 40.0 Å². The van der Waals surface area contributed by atoms with Gasteiger partial charge in [-0.3, -0.25) is 14.5 Å². The predicted octanol–water partition coefficient (Wildman–Crippen LogP) is 1.79. The lowest BCUT2D eigenvalue weighted by Gasteiger charge is -2.22.